The molecule has 0 rings (SSSR count). The van der Waals surface area contributed by atoms with Crippen molar-refractivity contribution in [1.82, 2.24) is 10.6 Å². The van der Waals surface area contributed by atoms with Gasteiger partial charge in [-0.15, -0.1) is 0 Å². The molecule has 41 heavy (non-hydrogen) atoms. The molecule has 2 N–H and O–H groups in total. The van der Waals surface area contributed by atoms with E-state index in [1.54, 1.807) is 0 Å². The molecule has 0 saturated heterocycles. The van der Waals surface area contributed by atoms with Gasteiger partial charge < -0.3 is 10.6 Å². The molecule has 2 amide bonds. The second kappa shape index (κ2) is 29.9. The highest BCUT2D eigenvalue weighted by molar-refractivity contribution is 9.12. The van der Waals surface area contributed by atoms with Crippen molar-refractivity contribution in [3.8, 4) is 0 Å². The van der Waals surface area contributed by atoms with Crippen LogP contribution >= 0.6 is 31.9 Å². The van der Waals surface area contributed by atoms with Gasteiger partial charge in [-0.3, -0.25) is 9.59 Å². The number of rotatable bonds is 30. The summed E-state index contributed by atoms with van der Waals surface area (Å²) < 4.78 is 0. The number of hydrogen-bond acceptors (Lipinski definition) is 2. The molecule has 0 aromatic carbocycles. The van der Waals surface area contributed by atoms with E-state index in [1.807, 2.05) is 13.8 Å². The van der Waals surface area contributed by atoms with Gasteiger partial charge in [-0.25, -0.2) is 0 Å². The Morgan fingerprint density at radius 3 is 1.39 bits per heavy atom. The Labute approximate surface area is 272 Å². The molecule has 0 aliphatic carbocycles. The van der Waals surface area contributed by atoms with E-state index in [4.69, 9.17) is 0 Å². The second-order valence-electron chi connectivity index (χ2n) is 12.7. The standard InChI is InChI=1S/C35H68Br2N2O2/c1-5-7-9-11-13-14-15-16-21-25-29-38-35(41)34(30(3)4)39-33(40)28-24-20-17-19-23-27-32(37)31(36)26-22-18-12-10-8-6-2/h30-32,34H,5-29H2,1-4H3,(H,38,41)(H,39,40)/t31?,32?,34-/m0/s1. The second-order valence-corrected chi connectivity index (χ2v) is 15.0. The molecule has 4 nitrogen and oxygen atoms in total. The van der Waals surface area contributed by atoms with Crippen LogP contribution in [0.2, 0.25) is 0 Å². The molecule has 0 bridgehead atoms. The van der Waals surface area contributed by atoms with E-state index in [1.165, 1.54) is 128 Å². The summed E-state index contributed by atoms with van der Waals surface area (Å²) >= 11 is 7.79. The van der Waals surface area contributed by atoms with Crippen molar-refractivity contribution >= 4 is 43.7 Å². The van der Waals surface area contributed by atoms with Crippen LogP contribution in [0, 0.1) is 5.92 Å². The summed E-state index contributed by atoms with van der Waals surface area (Å²) in [5.41, 5.74) is 0. The van der Waals surface area contributed by atoms with Crippen molar-refractivity contribution < 1.29 is 9.59 Å². The zero-order chi connectivity index (χ0) is 30.6. The highest BCUT2D eigenvalue weighted by atomic mass is 79.9. The lowest BCUT2D eigenvalue weighted by Gasteiger charge is -2.21. The van der Waals surface area contributed by atoms with Crippen molar-refractivity contribution in [2.24, 2.45) is 5.92 Å². The average Bonchev–Trinajstić information content (AvgIpc) is 2.95. The molecule has 0 fully saturated rings. The molecule has 0 saturated carbocycles. The number of unbranched alkanes of at least 4 members (excludes halogenated alkanes) is 18. The molecular formula is C35H68Br2N2O2. The fourth-order valence-corrected chi connectivity index (χ4v) is 6.53. The molecule has 0 aliphatic rings. The van der Waals surface area contributed by atoms with Crippen molar-refractivity contribution in [2.45, 2.75) is 197 Å². The van der Waals surface area contributed by atoms with Crippen molar-refractivity contribution in [1.29, 1.82) is 0 Å². The molecule has 0 aromatic rings. The van der Waals surface area contributed by atoms with E-state index < -0.39 is 6.04 Å². The van der Waals surface area contributed by atoms with E-state index in [0.717, 1.165) is 19.3 Å². The average molecular weight is 709 g/mol. The van der Waals surface area contributed by atoms with E-state index in [9.17, 15) is 9.59 Å². The van der Waals surface area contributed by atoms with E-state index in [0.29, 0.717) is 22.6 Å². The predicted octanol–water partition coefficient (Wildman–Crippen LogP) is 11.2. The predicted molar refractivity (Wildman–Crippen MR) is 187 cm³/mol. The van der Waals surface area contributed by atoms with Crippen LogP contribution in [0.3, 0.4) is 0 Å². The lowest BCUT2D eigenvalue weighted by Crippen LogP contribution is -2.49. The minimum Gasteiger partial charge on any atom is -0.354 e. The maximum atomic E-state index is 12.7. The van der Waals surface area contributed by atoms with E-state index in [-0.39, 0.29) is 17.7 Å². The minimum atomic E-state index is -0.435. The van der Waals surface area contributed by atoms with Gasteiger partial charge >= 0.3 is 0 Å². The Hall–Kier alpha value is -0.100. The minimum absolute atomic E-state index is 0.00938. The largest absolute Gasteiger partial charge is 0.354 e. The van der Waals surface area contributed by atoms with Crippen LogP contribution in [0.4, 0.5) is 0 Å². The maximum absolute atomic E-state index is 12.7. The van der Waals surface area contributed by atoms with Crippen molar-refractivity contribution in [3.05, 3.63) is 0 Å². The smallest absolute Gasteiger partial charge is 0.242 e. The molecule has 0 aliphatic heterocycles. The zero-order valence-electron chi connectivity index (χ0n) is 27.6. The first-order valence-corrected chi connectivity index (χ1v) is 19.5. The monoisotopic (exact) mass is 706 g/mol. The number of halogens is 2. The van der Waals surface area contributed by atoms with Gasteiger partial charge in [0.25, 0.3) is 0 Å². The normalized spacial score (nSPS) is 13.7. The van der Waals surface area contributed by atoms with Gasteiger partial charge in [0.2, 0.25) is 11.8 Å². The van der Waals surface area contributed by atoms with Gasteiger partial charge in [-0.1, -0.05) is 182 Å². The van der Waals surface area contributed by atoms with Gasteiger partial charge in [0.15, 0.2) is 0 Å². The summed E-state index contributed by atoms with van der Waals surface area (Å²) in [6, 6.07) is -0.435. The van der Waals surface area contributed by atoms with Crippen LogP contribution in [0.5, 0.6) is 0 Å². The molecule has 6 heteroatoms. The molecule has 2 unspecified atom stereocenters. The molecule has 0 heterocycles. The summed E-state index contributed by atoms with van der Waals surface area (Å²) in [6.45, 7) is 9.25. The summed E-state index contributed by atoms with van der Waals surface area (Å²) in [6.07, 6.45) is 29.6. The van der Waals surface area contributed by atoms with E-state index >= 15 is 0 Å². The Kier molecular flexibility index (Phi) is 29.9. The maximum Gasteiger partial charge on any atom is 0.242 e. The van der Waals surface area contributed by atoms with Crippen LogP contribution < -0.4 is 10.6 Å². The third-order valence-electron chi connectivity index (χ3n) is 8.20. The Morgan fingerprint density at radius 2 is 0.951 bits per heavy atom. The van der Waals surface area contributed by atoms with Crippen LogP contribution in [0.25, 0.3) is 0 Å². The summed E-state index contributed by atoms with van der Waals surface area (Å²) in [4.78, 5) is 26.4. The van der Waals surface area contributed by atoms with Gasteiger partial charge in [-0.2, -0.15) is 0 Å². The van der Waals surface area contributed by atoms with Crippen LogP contribution in [-0.2, 0) is 9.59 Å². The Morgan fingerprint density at radius 1 is 0.561 bits per heavy atom. The fourth-order valence-electron chi connectivity index (χ4n) is 5.35. The van der Waals surface area contributed by atoms with E-state index in [2.05, 4.69) is 56.3 Å². The number of carbonyl (C=O) groups excluding carboxylic acids is 2. The first-order chi connectivity index (χ1) is 19.8. The Bertz CT molecular complexity index is 603. The SMILES string of the molecule is CCCCCCCCCCCCNC(=O)[C@@H](NC(=O)CCCCCCCC(Br)C(Br)CCCCCCCC)C(C)C. The number of hydrogen-bond donors (Lipinski definition) is 2. The number of nitrogens with one attached hydrogen (secondary N) is 2. The summed E-state index contributed by atoms with van der Waals surface area (Å²) in [5, 5.41) is 6.07. The fraction of sp³-hybridized carbons (Fsp3) is 0.943. The van der Waals surface area contributed by atoms with Crippen LogP contribution in [0.15, 0.2) is 0 Å². The molecule has 244 valence electrons. The zero-order valence-corrected chi connectivity index (χ0v) is 30.7. The molecule has 0 spiro atoms. The first-order valence-electron chi connectivity index (χ1n) is 17.7. The van der Waals surface area contributed by atoms with Crippen LogP contribution in [-0.4, -0.2) is 34.1 Å². The van der Waals surface area contributed by atoms with Crippen LogP contribution in [0.1, 0.15) is 182 Å². The van der Waals surface area contributed by atoms with Gasteiger partial charge in [0.05, 0.1) is 0 Å². The van der Waals surface area contributed by atoms with Crippen molar-refractivity contribution in [3.63, 3.8) is 0 Å². The topological polar surface area (TPSA) is 58.2 Å². The highest BCUT2D eigenvalue weighted by Gasteiger charge is 2.23. The molecular weight excluding hydrogens is 640 g/mol. The number of carbonyl (C=O) groups is 2. The molecule has 3 atom stereocenters. The molecule has 0 radical (unpaired) electrons. The Balaban J connectivity index is 3.84. The third-order valence-corrected chi connectivity index (χ3v) is 11.1. The van der Waals surface area contributed by atoms with Gasteiger partial charge in [-0.05, 0) is 31.6 Å². The van der Waals surface area contributed by atoms with Gasteiger partial charge in [0.1, 0.15) is 6.04 Å². The first kappa shape index (κ1) is 40.9. The number of alkyl halides is 2. The lowest BCUT2D eigenvalue weighted by molar-refractivity contribution is -0.130. The molecule has 0 aromatic heterocycles. The summed E-state index contributed by atoms with van der Waals surface area (Å²) in [5.74, 6) is 0.0634. The third kappa shape index (κ3) is 26.1. The highest BCUT2D eigenvalue weighted by Crippen LogP contribution is 2.25. The quantitative estimate of drug-likeness (QED) is 0.0577. The lowest BCUT2D eigenvalue weighted by atomic mass is 10.0. The summed E-state index contributed by atoms with van der Waals surface area (Å²) in [7, 11) is 0. The van der Waals surface area contributed by atoms with Gasteiger partial charge in [0, 0.05) is 22.6 Å². The number of amides is 2. The van der Waals surface area contributed by atoms with Crippen molar-refractivity contribution in [2.75, 3.05) is 6.54 Å².